The summed E-state index contributed by atoms with van der Waals surface area (Å²) in [5.74, 6) is 2.16. The Kier molecular flexibility index (Phi) is 4.08. The molecule has 111 valence electrons. The van der Waals surface area contributed by atoms with Crippen molar-refractivity contribution in [3.63, 3.8) is 0 Å². The Morgan fingerprint density at radius 3 is 2.38 bits per heavy atom. The number of benzene rings is 1. The molecule has 0 saturated heterocycles. The molecule has 0 bridgehead atoms. The second-order valence-electron chi connectivity index (χ2n) is 5.24. The molecule has 3 rings (SSSR count). The van der Waals surface area contributed by atoms with Gasteiger partial charge in [-0.3, -0.25) is 4.98 Å². The van der Waals surface area contributed by atoms with E-state index >= 15 is 0 Å². The Balaban J connectivity index is 1.88. The molecule has 1 aromatic carbocycles. The molecule has 2 aromatic rings. The van der Waals surface area contributed by atoms with E-state index < -0.39 is 0 Å². The van der Waals surface area contributed by atoms with Crippen LogP contribution in [0.4, 0.5) is 5.82 Å². The van der Waals surface area contributed by atoms with Gasteiger partial charge in [0.1, 0.15) is 5.82 Å². The molecule has 0 amide bonds. The molecule has 0 spiro atoms. The summed E-state index contributed by atoms with van der Waals surface area (Å²) >= 11 is 0. The third-order valence-corrected chi connectivity index (χ3v) is 3.84. The van der Waals surface area contributed by atoms with E-state index in [-0.39, 0.29) is 0 Å². The number of anilines is 1. The van der Waals surface area contributed by atoms with E-state index in [9.17, 15) is 0 Å². The summed E-state index contributed by atoms with van der Waals surface area (Å²) in [4.78, 5) is 9.10. The Morgan fingerprint density at radius 1 is 1.05 bits per heavy atom. The first kappa shape index (κ1) is 13.9. The Hall–Kier alpha value is -2.04. The fourth-order valence-corrected chi connectivity index (χ4v) is 2.69. The summed E-state index contributed by atoms with van der Waals surface area (Å²) in [6, 6.07) is 4.20. The van der Waals surface area contributed by atoms with Crippen molar-refractivity contribution in [1.82, 2.24) is 9.97 Å². The first-order valence-corrected chi connectivity index (χ1v) is 7.27. The number of ether oxygens (including phenoxy) is 2. The predicted octanol–water partition coefficient (Wildman–Crippen LogP) is 3.21. The van der Waals surface area contributed by atoms with Crippen molar-refractivity contribution in [2.75, 3.05) is 19.5 Å². The molecule has 0 aliphatic heterocycles. The quantitative estimate of drug-likeness (QED) is 0.935. The van der Waals surface area contributed by atoms with Crippen LogP contribution in [0.3, 0.4) is 0 Å². The van der Waals surface area contributed by atoms with Crippen molar-refractivity contribution in [1.29, 1.82) is 0 Å². The maximum atomic E-state index is 5.32. The second kappa shape index (κ2) is 6.16. The van der Waals surface area contributed by atoms with Gasteiger partial charge in [-0.25, -0.2) is 4.98 Å². The standard InChI is InChI=1S/C16H20N3O2/c1-20-14-8-12-13(9-15(14)21-2)19-16(10-17-12)18-11-6-4-3-5-7-11/h3,8-11H,4-7H2,1-2H3,(H,18,19). The molecule has 21 heavy (non-hydrogen) atoms. The molecule has 5 nitrogen and oxygen atoms in total. The molecule has 1 aromatic heterocycles. The van der Waals surface area contributed by atoms with Crippen LogP contribution in [-0.2, 0) is 0 Å². The highest BCUT2D eigenvalue weighted by Gasteiger charge is 2.14. The normalized spacial score (nSPS) is 15.9. The average molecular weight is 286 g/mol. The van der Waals surface area contributed by atoms with Gasteiger partial charge in [-0.15, -0.1) is 0 Å². The van der Waals surface area contributed by atoms with Crippen LogP contribution in [-0.4, -0.2) is 30.2 Å². The fourth-order valence-electron chi connectivity index (χ4n) is 2.69. The lowest BCUT2D eigenvalue weighted by atomic mass is 9.95. The summed E-state index contributed by atoms with van der Waals surface area (Å²) in [5, 5.41) is 3.47. The van der Waals surface area contributed by atoms with Crippen molar-refractivity contribution in [2.45, 2.75) is 31.7 Å². The fraction of sp³-hybridized carbons (Fsp3) is 0.438. The van der Waals surface area contributed by atoms with Gasteiger partial charge in [0.15, 0.2) is 11.5 Å². The minimum absolute atomic E-state index is 0.488. The molecule has 1 radical (unpaired) electrons. The van der Waals surface area contributed by atoms with Crippen LogP contribution in [0.15, 0.2) is 18.3 Å². The molecule has 1 aliphatic rings. The summed E-state index contributed by atoms with van der Waals surface area (Å²) in [5.41, 5.74) is 1.61. The smallest absolute Gasteiger partial charge is 0.163 e. The lowest BCUT2D eigenvalue weighted by Gasteiger charge is -2.23. The van der Waals surface area contributed by atoms with Gasteiger partial charge in [-0.1, -0.05) is 0 Å². The largest absolute Gasteiger partial charge is 0.493 e. The number of hydrogen-bond acceptors (Lipinski definition) is 5. The third-order valence-electron chi connectivity index (χ3n) is 3.84. The zero-order chi connectivity index (χ0) is 14.7. The number of fused-ring (bicyclic) bond motifs is 1. The first-order valence-electron chi connectivity index (χ1n) is 7.27. The van der Waals surface area contributed by atoms with E-state index in [1.165, 1.54) is 12.8 Å². The van der Waals surface area contributed by atoms with Crippen LogP contribution in [0.1, 0.15) is 25.7 Å². The Labute approximate surface area is 124 Å². The lowest BCUT2D eigenvalue weighted by Crippen LogP contribution is -2.23. The summed E-state index contributed by atoms with van der Waals surface area (Å²) in [6.45, 7) is 0. The zero-order valence-corrected chi connectivity index (χ0v) is 12.4. The molecular weight excluding hydrogens is 266 g/mol. The van der Waals surface area contributed by atoms with Crippen LogP contribution >= 0.6 is 0 Å². The van der Waals surface area contributed by atoms with E-state index in [4.69, 9.17) is 9.47 Å². The highest BCUT2D eigenvalue weighted by molar-refractivity contribution is 5.80. The number of hydrogen-bond donors (Lipinski definition) is 1. The Bertz CT molecular complexity index is 624. The second-order valence-corrected chi connectivity index (χ2v) is 5.24. The van der Waals surface area contributed by atoms with Crippen molar-refractivity contribution in [2.24, 2.45) is 0 Å². The van der Waals surface area contributed by atoms with Crippen LogP contribution < -0.4 is 14.8 Å². The molecule has 5 heteroatoms. The monoisotopic (exact) mass is 286 g/mol. The average Bonchev–Trinajstić information content (AvgIpc) is 2.54. The predicted molar refractivity (Wildman–Crippen MR) is 82.8 cm³/mol. The van der Waals surface area contributed by atoms with Gasteiger partial charge < -0.3 is 14.8 Å². The molecule has 1 N–H and O–H groups in total. The third kappa shape index (κ3) is 3.01. The van der Waals surface area contributed by atoms with Crippen LogP contribution in [0.5, 0.6) is 11.5 Å². The van der Waals surface area contributed by atoms with Crippen LogP contribution in [0.2, 0.25) is 0 Å². The van der Waals surface area contributed by atoms with Gasteiger partial charge >= 0.3 is 0 Å². The topological polar surface area (TPSA) is 56.3 Å². The van der Waals surface area contributed by atoms with E-state index in [1.54, 1.807) is 20.4 Å². The molecular formula is C16H20N3O2. The summed E-state index contributed by atoms with van der Waals surface area (Å²) in [6.07, 6.45) is 8.79. The summed E-state index contributed by atoms with van der Waals surface area (Å²) < 4.78 is 10.6. The maximum Gasteiger partial charge on any atom is 0.163 e. The van der Waals surface area contributed by atoms with Gasteiger partial charge in [0.2, 0.25) is 0 Å². The number of nitrogens with zero attached hydrogens (tertiary/aromatic N) is 2. The molecule has 1 heterocycles. The molecule has 1 aliphatic carbocycles. The number of nitrogens with one attached hydrogen (secondary N) is 1. The van der Waals surface area contributed by atoms with Gasteiger partial charge in [-0.05, 0) is 32.1 Å². The molecule has 0 unspecified atom stereocenters. The van der Waals surface area contributed by atoms with Crippen molar-refractivity contribution in [3.05, 3.63) is 24.8 Å². The lowest BCUT2D eigenvalue weighted by molar-refractivity contribution is 0.355. The van der Waals surface area contributed by atoms with Gasteiger partial charge in [0.25, 0.3) is 0 Å². The molecule has 1 fully saturated rings. The van der Waals surface area contributed by atoms with E-state index in [0.717, 1.165) is 29.7 Å². The maximum absolute atomic E-state index is 5.32. The summed E-state index contributed by atoms with van der Waals surface area (Å²) in [7, 11) is 3.24. The van der Waals surface area contributed by atoms with Crippen molar-refractivity contribution >= 4 is 16.9 Å². The van der Waals surface area contributed by atoms with E-state index in [1.807, 2.05) is 12.1 Å². The first-order chi connectivity index (χ1) is 10.3. The molecule has 0 atom stereocenters. The van der Waals surface area contributed by atoms with Gasteiger partial charge in [0.05, 0.1) is 31.4 Å². The van der Waals surface area contributed by atoms with Crippen molar-refractivity contribution < 1.29 is 9.47 Å². The Morgan fingerprint density at radius 2 is 1.71 bits per heavy atom. The highest BCUT2D eigenvalue weighted by Crippen LogP contribution is 2.31. The van der Waals surface area contributed by atoms with Gasteiger partial charge in [-0.2, -0.15) is 0 Å². The number of aromatic nitrogens is 2. The van der Waals surface area contributed by atoms with Gasteiger partial charge in [0, 0.05) is 18.2 Å². The minimum Gasteiger partial charge on any atom is -0.493 e. The van der Waals surface area contributed by atoms with Crippen LogP contribution in [0, 0.1) is 6.42 Å². The number of rotatable bonds is 4. The minimum atomic E-state index is 0.488. The van der Waals surface area contributed by atoms with Crippen LogP contribution in [0.25, 0.3) is 11.0 Å². The highest BCUT2D eigenvalue weighted by atomic mass is 16.5. The van der Waals surface area contributed by atoms with E-state index in [0.29, 0.717) is 17.5 Å². The number of methoxy groups -OCH3 is 2. The van der Waals surface area contributed by atoms with Crippen molar-refractivity contribution in [3.8, 4) is 11.5 Å². The zero-order valence-electron chi connectivity index (χ0n) is 12.4. The molecule has 1 saturated carbocycles. The van der Waals surface area contributed by atoms with E-state index in [2.05, 4.69) is 21.7 Å². The SMILES string of the molecule is COc1cc2ncc(NC3CC[CH]CC3)nc2cc1OC.